The van der Waals surface area contributed by atoms with E-state index in [4.69, 9.17) is 0 Å². The predicted octanol–water partition coefficient (Wildman–Crippen LogP) is 5.31. The Morgan fingerprint density at radius 1 is 1.03 bits per heavy atom. The van der Waals surface area contributed by atoms with Gasteiger partial charge in [0.2, 0.25) is 5.95 Å². The number of benzene rings is 3. The topological polar surface area (TPSA) is 93.3 Å². The highest BCUT2D eigenvalue weighted by Gasteiger charge is 2.19. The maximum atomic E-state index is 14.1. The molecule has 0 aliphatic carbocycles. The molecule has 4 aromatic rings. The maximum absolute atomic E-state index is 14.1. The number of imidazole rings is 1. The van der Waals surface area contributed by atoms with Gasteiger partial charge in [0, 0.05) is 24.2 Å². The van der Waals surface area contributed by atoms with Crippen molar-refractivity contribution in [2.45, 2.75) is 25.8 Å². The van der Waals surface area contributed by atoms with Gasteiger partial charge in [0.15, 0.2) is 0 Å². The van der Waals surface area contributed by atoms with E-state index in [0.29, 0.717) is 16.7 Å². The molecule has 35 heavy (non-hydrogen) atoms. The first-order chi connectivity index (χ1) is 17.0. The molecule has 3 aromatic carbocycles. The quantitative estimate of drug-likeness (QED) is 0.303. The van der Waals surface area contributed by atoms with Crippen molar-refractivity contribution in [3.8, 4) is 5.69 Å². The molecule has 0 spiro atoms. The van der Waals surface area contributed by atoms with Crippen LogP contribution in [0.5, 0.6) is 0 Å². The average Bonchev–Trinajstić information content (AvgIpc) is 3.21. The zero-order valence-electron chi connectivity index (χ0n) is 19.0. The van der Waals surface area contributed by atoms with Gasteiger partial charge in [-0.1, -0.05) is 24.6 Å². The molecular formula is C26H24FN5O3. The number of hydrogen-bond acceptors (Lipinski definition) is 5. The number of likely N-dealkylation sites (tertiary alicyclic amines) is 1. The lowest BCUT2D eigenvalue weighted by molar-refractivity contribution is -0.384. The number of nitrogens with one attached hydrogen (secondary N) is 1. The molecule has 8 nitrogen and oxygen atoms in total. The summed E-state index contributed by atoms with van der Waals surface area (Å²) in [7, 11) is 0. The third-order valence-corrected chi connectivity index (χ3v) is 6.18. The van der Waals surface area contributed by atoms with Crippen molar-refractivity contribution in [1.29, 1.82) is 0 Å². The van der Waals surface area contributed by atoms with Crippen LogP contribution in [0.4, 0.5) is 16.0 Å². The highest BCUT2D eigenvalue weighted by atomic mass is 19.1. The van der Waals surface area contributed by atoms with Crippen LogP contribution in [0.1, 0.15) is 35.2 Å². The van der Waals surface area contributed by atoms with Gasteiger partial charge >= 0.3 is 0 Å². The van der Waals surface area contributed by atoms with E-state index < -0.39 is 16.6 Å². The highest BCUT2D eigenvalue weighted by molar-refractivity contribution is 6.04. The number of carbonyl (C=O) groups is 1. The first-order valence-corrected chi connectivity index (χ1v) is 11.5. The maximum Gasteiger partial charge on any atom is 0.270 e. The van der Waals surface area contributed by atoms with Crippen LogP contribution in [0, 0.1) is 15.9 Å². The molecule has 0 unspecified atom stereocenters. The zero-order valence-corrected chi connectivity index (χ0v) is 19.0. The van der Waals surface area contributed by atoms with E-state index in [1.54, 1.807) is 16.7 Å². The summed E-state index contributed by atoms with van der Waals surface area (Å²) in [5.41, 5.74) is 2.94. The third kappa shape index (κ3) is 4.90. The van der Waals surface area contributed by atoms with E-state index in [9.17, 15) is 19.3 Å². The summed E-state index contributed by atoms with van der Waals surface area (Å²) in [6.45, 7) is 2.96. The van der Waals surface area contributed by atoms with Gasteiger partial charge in [0.1, 0.15) is 5.82 Å². The number of piperidine rings is 1. The van der Waals surface area contributed by atoms with Crippen molar-refractivity contribution in [2.75, 3.05) is 18.4 Å². The minimum atomic E-state index is -0.553. The molecule has 1 saturated heterocycles. The average molecular weight is 474 g/mol. The van der Waals surface area contributed by atoms with Gasteiger partial charge in [0.25, 0.3) is 11.6 Å². The second-order valence-corrected chi connectivity index (χ2v) is 8.67. The van der Waals surface area contributed by atoms with Gasteiger partial charge in [-0.05, 0) is 67.9 Å². The Balaban J connectivity index is 1.53. The van der Waals surface area contributed by atoms with Gasteiger partial charge in [-0.3, -0.25) is 29.7 Å². The van der Waals surface area contributed by atoms with Crippen molar-refractivity contribution in [3.63, 3.8) is 0 Å². The van der Waals surface area contributed by atoms with E-state index in [1.807, 2.05) is 18.2 Å². The lowest BCUT2D eigenvalue weighted by Gasteiger charge is -2.26. The number of rotatable bonds is 6. The lowest BCUT2D eigenvalue weighted by atomic mass is 10.1. The van der Waals surface area contributed by atoms with Gasteiger partial charge in [-0.2, -0.15) is 0 Å². The smallest absolute Gasteiger partial charge is 0.270 e. The minimum absolute atomic E-state index is 0.128. The van der Waals surface area contributed by atoms with Crippen molar-refractivity contribution >= 4 is 28.6 Å². The number of anilines is 1. The van der Waals surface area contributed by atoms with E-state index in [-0.39, 0.29) is 17.2 Å². The van der Waals surface area contributed by atoms with Crippen molar-refractivity contribution in [3.05, 3.63) is 93.8 Å². The molecule has 0 saturated carbocycles. The summed E-state index contributed by atoms with van der Waals surface area (Å²) in [4.78, 5) is 30.6. The fourth-order valence-electron chi connectivity index (χ4n) is 4.49. The van der Waals surface area contributed by atoms with Crippen LogP contribution >= 0.6 is 0 Å². The fourth-order valence-corrected chi connectivity index (χ4v) is 4.49. The summed E-state index contributed by atoms with van der Waals surface area (Å²) in [6.07, 6.45) is 3.66. The summed E-state index contributed by atoms with van der Waals surface area (Å²) in [5.74, 6) is -0.755. The summed E-state index contributed by atoms with van der Waals surface area (Å²) < 4.78 is 15.8. The predicted molar refractivity (Wildman–Crippen MR) is 131 cm³/mol. The number of amides is 1. The van der Waals surface area contributed by atoms with Crippen molar-refractivity contribution in [2.24, 2.45) is 0 Å². The number of non-ortho nitro benzene ring substituents is 1. The van der Waals surface area contributed by atoms with Gasteiger partial charge in [-0.15, -0.1) is 0 Å². The molecule has 5 rings (SSSR count). The third-order valence-electron chi connectivity index (χ3n) is 6.18. The Morgan fingerprint density at radius 2 is 1.83 bits per heavy atom. The second-order valence-electron chi connectivity index (χ2n) is 8.67. The number of carbonyl (C=O) groups excluding carboxylic acids is 1. The van der Waals surface area contributed by atoms with Gasteiger partial charge < -0.3 is 0 Å². The first-order valence-electron chi connectivity index (χ1n) is 11.5. The van der Waals surface area contributed by atoms with E-state index in [0.717, 1.165) is 25.2 Å². The molecule has 1 amide bonds. The number of aromatic nitrogens is 2. The normalized spacial score (nSPS) is 14.2. The van der Waals surface area contributed by atoms with Crippen LogP contribution < -0.4 is 5.32 Å². The molecule has 0 atom stereocenters. The van der Waals surface area contributed by atoms with E-state index >= 15 is 0 Å². The SMILES string of the molecule is O=C(Nc1nc2cc(CN3CCCCC3)ccc2n1-c1cccc(F)c1)c1cccc([N+](=O)[O-])c1. The lowest BCUT2D eigenvalue weighted by Crippen LogP contribution is -2.29. The summed E-state index contributed by atoms with van der Waals surface area (Å²) in [6, 6.07) is 17.5. The number of nitro groups is 1. The molecule has 0 radical (unpaired) electrons. The Hall–Kier alpha value is -4.11. The van der Waals surface area contributed by atoms with Crippen LogP contribution in [0.15, 0.2) is 66.7 Å². The first kappa shape index (κ1) is 22.7. The van der Waals surface area contributed by atoms with Crippen LogP contribution in [-0.2, 0) is 6.54 Å². The number of hydrogen-bond donors (Lipinski definition) is 1. The number of halogens is 1. The standard InChI is InChI=1S/C26H24FN5O3/c27-20-7-5-8-21(16-20)31-24-11-10-18(17-30-12-2-1-3-13-30)14-23(24)28-26(31)29-25(33)19-6-4-9-22(15-19)32(34)35/h4-11,14-16H,1-3,12-13,17H2,(H,28,29,33). The molecule has 9 heteroatoms. The molecule has 0 bridgehead atoms. The van der Waals surface area contributed by atoms with E-state index in [2.05, 4.69) is 15.2 Å². The number of nitrogens with zero attached hydrogens (tertiary/aromatic N) is 4. The molecule has 2 heterocycles. The monoisotopic (exact) mass is 473 g/mol. The summed E-state index contributed by atoms with van der Waals surface area (Å²) >= 11 is 0. The Kier molecular flexibility index (Phi) is 6.24. The Morgan fingerprint density at radius 3 is 2.60 bits per heavy atom. The number of nitro benzene ring substituents is 1. The Labute approximate surface area is 201 Å². The number of fused-ring (bicyclic) bond motifs is 1. The highest BCUT2D eigenvalue weighted by Crippen LogP contribution is 2.27. The van der Waals surface area contributed by atoms with E-state index in [1.165, 1.54) is 55.7 Å². The molecule has 1 aromatic heterocycles. The zero-order chi connectivity index (χ0) is 24.4. The van der Waals surface area contributed by atoms with Crippen LogP contribution in [0.25, 0.3) is 16.7 Å². The van der Waals surface area contributed by atoms with Crippen LogP contribution in [0.2, 0.25) is 0 Å². The summed E-state index contributed by atoms with van der Waals surface area (Å²) in [5, 5.41) is 13.9. The molecule has 1 fully saturated rings. The van der Waals surface area contributed by atoms with Crippen molar-refractivity contribution in [1.82, 2.24) is 14.5 Å². The van der Waals surface area contributed by atoms with Crippen molar-refractivity contribution < 1.29 is 14.1 Å². The fraction of sp³-hybridized carbons (Fsp3) is 0.231. The van der Waals surface area contributed by atoms with Gasteiger partial charge in [0.05, 0.1) is 21.6 Å². The van der Waals surface area contributed by atoms with Crippen LogP contribution in [-0.4, -0.2) is 38.4 Å². The molecule has 1 N–H and O–H groups in total. The molecular weight excluding hydrogens is 449 g/mol. The second kappa shape index (κ2) is 9.63. The minimum Gasteiger partial charge on any atom is -0.299 e. The largest absolute Gasteiger partial charge is 0.299 e. The van der Waals surface area contributed by atoms with Gasteiger partial charge in [-0.25, -0.2) is 9.37 Å². The molecule has 178 valence electrons. The molecule has 1 aliphatic rings. The van der Waals surface area contributed by atoms with Crippen LogP contribution in [0.3, 0.4) is 0 Å². The molecule has 1 aliphatic heterocycles. The Bertz CT molecular complexity index is 1410.